The number of carbonyl (C=O) groups excluding carboxylic acids is 1. The summed E-state index contributed by atoms with van der Waals surface area (Å²) in [6.07, 6.45) is 7.28. The van der Waals surface area contributed by atoms with Gasteiger partial charge in [0, 0.05) is 29.1 Å². The fraction of sp³-hybridized carbons (Fsp3) is 0.650. The zero-order chi connectivity index (χ0) is 17.0. The molecular formula is C20H25ClN2O2. The second-order valence-corrected chi connectivity index (χ2v) is 8.57. The summed E-state index contributed by atoms with van der Waals surface area (Å²) >= 11 is 6.37. The standard InChI is InChI=1S/C20H25ClN2O2/c21-13-9-15-14-3-1-2-4-18(14)25-19(15)16(10-13)20(24)22-17-11-23-7-5-12(17)6-8-23/h9-10,12,14,17-18H,1-8,11H2,(H,22,24)/t14-,17-,18-/m0/s1. The van der Waals surface area contributed by atoms with E-state index in [0.29, 0.717) is 22.4 Å². The van der Waals surface area contributed by atoms with Gasteiger partial charge in [0.05, 0.1) is 5.56 Å². The van der Waals surface area contributed by atoms with Crippen LogP contribution in [-0.4, -0.2) is 42.6 Å². The second-order valence-electron chi connectivity index (χ2n) is 8.14. The van der Waals surface area contributed by atoms with Crippen LogP contribution in [0.15, 0.2) is 12.1 Å². The molecule has 0 aromatic heterocycles. The van der Waals surface area contributed by atoms with Crippen molar-refractivity contribution in [2.45, 2.75) is 56.6 Å². The molecule has 6 rings (SSSR count). The van der Waals surface area contributed by atoms with Gasteiger partial charge in [0.1, 0.15) is 11.9 Å². The highest BCUT2D eigenvalue weighted by Crippen LogP contribution is 2.48. The number of hydrogen-bond acceptors (Lipinski definition) is 3. The van der Waals surface area contributed by atoms with Crippen LogP contribution < -0.4 is 10.1 Å². The van der Waals surface area contributed by atoms with Crippen LogP contribution in [0.3, 0.4) is 0 Å². The van der Waals surface area contributed by atoms with Crippen molar-refractivity contribution in [1.82, 2.24) is 10.2 Å². The third kappa shape index (κ3) is 2.74. The van der Waals surface area contributed by atoms with Crippen LogP contribution in [0.1, 0.15) is 60.4 Å². The predicted octanol–water partition coefficient (Wildman–Crippen LogP) is 3.58. The quantitative estimate of drug-likeness (QED) is 0.876. The Labute approximate surface area is 153 Å². The molecule has 1 aromatic carbocycles. The molecule has 4 heterocycles. The topological polar surface area (TPSA) is 41.6 Å². The van der Waals surface area contributed by atoms with E-state index in [1.165, 1.54) is 38.8 Å². The van der Waals surface area contributed by atoms with Crippen LogP contribution in [0.4, 0.5) is 0 Å². The number of hydrogen-bond donors (Lipinski definition) is 1. The Morgan fingerprint density at radius 2 is 1.96 bits per heavy atom. The molecule has 1 aromatic rings. The number of ether oxygens (including phenoxy) is 1. The van der Waals surface area contributed by atoms with Crippen LogP contribution in [-0.2, 0) is 0 Å². The Hall–Kier alpha value is -1.26. The first kappa shape index (κ1) is 16.0. The Bertz CT molecular complexity index is 699. The molecule has 1 N–H and O–H groups in total. The summed E-state index contributed by atoms with van der Waals surface area (Å²) in [4.78, 5) is 15.5. The predicted molar refractivity (Wildman–Crippen MR) is 97.5 cm³/mol. The molecular weight excluding hydrogens is 336 g/mol. The number of halogens is 1. The number of rotatable bonds is 2. The summed E-state index contributed by atoms with van der Waals surface area (Å²) in [7, 11) is 0. The maximum absolute atomic E-state index is 13.0. The van der Waals surface area contributed by atoms with Crippen molar-refractivity contribution >= 4 is 17.5 Å². The number of amides is 1. The van der Waals surface area contributed by atoms with E-state index in [-0.39, 0.29) is 18.1 Å². The maximum atomic E-state index is 13.0. The minimum absolute atomic E-state index is 0.0175. The fourth-order valence-corrected chi connectivity index (χ4v) is 5.54. The first-order chi connectivity index (χ1) is 12.2. The summed E-state index contributed by atoms with van der Waals surface area (Å²) < 4.78 is 6.24. The molecule has 0 unspecified atom stereocenters. The van der Waals surface area contributed by atoms with Crippen LogP contribution in [0.2, 0.25) is 5.02 Å². The van der Waals surface area contributed by atoms with Crippen molar-refractivity contribution < 1.29 is 9.53 Å². The Balaban J connectivity index is 1.41. The number of nitrogens with zero attached hydrogens (tertiary/aromatic N) is 1. The van der Waals surface area contributed by atoms with Crippen molar-refractivity contribution in [2.24, 2.45) is 5.92 Å². The monoisotopic (exact) mass is 360 g/mol. The van der Waals surface area contributed by atoms with E-state index in [2.05, 4.69) is 10.2 Å². The fourth-order valence-electron chi connectivity index (χ4n) is 5.31. The normalized spacial score (nSPS) is 35.6. The highest BCUT2D eigenvalue weighted by atomic mass is 35.5. The van der Waals surface area contributed by atoms with Crippen molar-refractivity contribution in [2.75, 3.05) is 19.6 Å². The smallest absolute Gasteiger partial charge is 0.255 e. The molecule has 0 radical (unpaired) electrons. The zero-order valence-corrected chi connectivity index (χ0v) is 15.2. The summed E-state index contributed by atoms with van der Waals surface area (Å²) in [5.41, 5.74) is 1.78. The molecule has 1 saturated carbocycles. The Kier molecular flexibility index (Phi) is 3.94. The molecule has 25 heavy (non-hydrogen) atoms. The van der Waals surface area contributed by atoms with Crippen molar-refractivity contribution in [3.05, 3.63) is 28.3 Å². The van der Waals surface area contributed by atoms with Gasteiger partial charge in [0.25, 0.3) is 5.91 Å². The Morgan fingerprint density at radius 3 is 2.72 bits per heavy atom. The van der Waals surface area contributed by atoms with E-state index in [1.54, 1.807) is 6.07 Å². The number of nitrogens with one attached hydrogen (secondary N) is 1. The summed E-state index contributed by atoms with van der Waals surface area (Å²) in [5, 5.41) is 3.93. The first-order valence-corrected chi connectivity index (χ1v) is 10.1. The summed E-state index contributed by atoms with van der Waals surface area (Å²) in [5.74, 6) is 1.80. The van der Waals surface area contributed by atoms with Crippen LogP contribution in [0, 0.1) is 5.92 Å². The van der Waals surface area contributed by atoms with E-state index in [4.69, 9.17) is 16.3 Å². The molecule has 2 bridgehead atoms. The van der Waals surface area contributed by atoms with Gasteiger partial charge < -0.3 is 15.0 Å². The third-order valence-electron chi connectivity index (χ3n) is 6.67. The molecule has 4 nitrogen and oxygen atoms in total. The highest BCUT2D eigenvalue weighted by molar-refractivity contribution is 6.31. The molecule has 5 heteroatoms. The molecule has 3 atom stereocenters. The minimum Gasteiger partial charge on any atom is -0.489 e. The zero-order valence-electron chi connectivity index (χ0n) is 14.5. The van der Waals surface area contributed by atoms with Gasteiger partial charge in [0.2, 0.25) is 0 Å². The molecule has 4 fully saturated rings. The minimum atomic E-state index is -0.0175. The molecule has 5 aliphatic rings. The highest BCUT2D eigenvalue weighted by Gasteiger charge is 2.40. The number of piperidine rings is 3. The van der Waals surface area contributed by atoms with Crippen LogP contribution >= 0.6 is 11.6 Å². The van der Waals surface area contributed by atoms with E-state index in [0.717, 1.165) is 30.7 Å². The Morgan fingerprint density at radius 1 is 1.16 bits per heavy atom. The lowest BCUT2D eigenvalue weighted by molar-refractivity contribution is 0.0617. The number of fused-ring (bicyclic) bond motifs is 6. The van der Waals surface area contributed by atoms with Crippen molar-refractivity contribution in [3.8, 4) is 5.75 Å². The SMILES string of the molecule is O=C(N[C@H]1CN2CCC1CC2)c1cc(Cl)cc2c1O[C@H]1CCCC[C@@H]21. The lowest BCUT2D eigenvalue weighted by atomic mass is 9.82. The molecule has 3 saturated heterocycles. The van der Waals surface area contributed by atoms with Crippen LogP contribution in [0.25, 0.3) is 0 Å². The van der Waals surface area contributed by atoms with Gasteiger partial charge in [-0.2, -0.15) is 0 Å². The summed E-state index contributed by atoms with van der Waals surface area (Å²) in [6.45, 7) is 3.33. The van der Waals surface area contributed by atoms with E-state index in [1.807, 2.05) is 6.07 Å². The third-order valence-corrected chi connectivity index (χ3v) is 6.89. The summed E-state index contributed by atoms with van der Waals surface area (Å²) in [6, 6.07) is 4.06. The van der Waals surface area contributed by atoms with Gasteiger partial charge in [-0.1, -0.05) is 18.0 Å². The average molecular weight is 361 g/mol. The number of benzene rings is 1. The lowest BCUT2D eigenvalue weighted by Crippen LogP contribution is -2.57. The largest absolute Gasteiger partial charge is 0.489 e. The van der Waals surface area contributed by atoms with Gasteiger partial charge in [-0.3, -0.25) is 4.79 Å². The van der Waals surface area contributed by atoms with Crippen molar-refractivity contribution in [1.29, 1.82) is 0 Å². The molecule has 1 aliphatic carbocycles. The lowest BCUT2D eigenvalue weighted by Gasteiger charge is -2.44. The van der Waals surface area contributed by atoms with E-state index >= 15 is 0 Å². The van der Waals surface area contributed by atoms with Gasteiger partial charge in [-0.25, -0.2) is 0 Å². The first-order valence-electron chi connectivity index (χ1n) is 9.72. The van der Waals surface area contributed by atoms with Gasteiger partial charge in [0.15, 0.2) is 0 Å². The molecule has 1 amide bonds. The number of carbonyl (C=O) groups is 1. The van der Waals surface area contributed by atoms with Crippen LogP contribution in [0.5, 0.6) is 5.75 Å². The van der Waals surface area contributed by atoms with Gasteiger partial charge in [-0.15, -0.1) is 0 Å². The van der Waals surface area contributed by atoms with Gasteiger partial charge in [-0.05, 0) is 63.2 Å². The van der Waals surface area contributed by atoms with E-state index < -0.39 is 0 Å². The molecule has 4 aliphatic heterocycles. The van der Waals surface area contributed by atoms with E-state index in [9.17, 15) is 4.79 Å². The average Bonchev–Trinajstić information content (AvgIpc) is 3.00. The molecule has 134 valence electrons. The van der Waals surface area contributed by atoms with Gasteiger partial charge >= 0.3 is 0 Å². The second kappa shape index (κ2) is 6.17. The molecule has 0 spiro atoms. The van der Waals surface area contributed by atoms with Crippen molar-refractivity contribution in [3.63, 3.8) is 0 Å². The maximum Gasteiger partial charge on any atom is 0.255 e.